The number of aromatic nitrogens is 2. The van der Waals surface area contributed by atoms with Crippen LogP contribution in [0.15, 0.2) is 53.9 Å². The molecule has 2 atom stereocenters. The third-order valence-corrected chi connectivity index (χ3v) is 6.28. The van der Waals surface area contributed by atoms with Crippen LogP contribution in [-0.4, -0.2) is 40.0 Å². The van der Waals surface area contributed by atoms with Gasteiger partial charge in [-0.2, -0.15) is 0 Å². The summed E-state index contributed by atoms with van der Waals surface area (Å²) >= 11 is 1.81. The third-order valence-electron chi connectivity index (χ3n) is 5.38. The maximum atomic E-state index is 10.5. The molecular weight excluding hydrogens is 368 g/mol. The van der Waals surface area contributed by atoms with Crippen molar-refractivity contribution in [3.63, 3.8) is 0 Å². The molecule has 28 heavy (non-hydrogen) atoms. The smallest absolute Gasteiger partial charge is 0.165 e. The molecule has 3 aromatic rings. The third kappa shape index (κ3) is 3.34. The standard InChI is InChI=1S/C22H22N4OS/c27-20-6-5-14(15-8-10-28-13-15)11-18(20)22-25-19-4-2-1-3-17(19)21(26-22)24-16-7-9-23-12-16/h1-6,8,10-11,15-16,23,27H,7,9,12-13H2,(H,24,25,26)/t15?,16-/m0/s1. The van der Waals surface area contributed by atoms with Crippen LogP contribution in [0, 0.1) is 0 Å². The van der Waals surface area contributed by atoms with Crippen molar-refractivity contribution in [3.8, 4) is 17.1 Å². The maximum absolute atomic E-state index is 10.5. The fourth-order valence-electron chi connectivity index (χ4n) is 3.81. The molecule has 1 unspecified atom stereocenters. The van der Waals surface area contributed by atoms with Gasteiger partial charge in [0.2, 0.25) is 0 Å². The highest BCUT2D eigenvalue weighted by molar-refractivity contribution is 8.02. The molecule has 2 aliphatic rings. The number of benzene rings is 2. The molecular formula is C22H22N4OS. The number of fused-ring (bicyclic) bond motifs is 1. The zero-order chi connectivity index (χ0) is 18.9. The summed E-state index contributed by atoms with van der Waals surface area (Å²) < 4.78 is 0. The van der Waals surface area contributed by atoms with Crippen molar-refractivity contribution >= 4 is 28.5 Å². The number of hydrogen-bond donors (Lipinski definition) is 3. The first-order valence-electron chi connectivity index (χ1n) is 9.63. The van der Waals surface area contributed by atoms with Gasteiger partial charge in [-0.1, -0.05) is 24.3 Å². The molecule has 5 rings (SSSR count). The number of phenols is 1. The summed E-state index contributed by atoms with van der Waals surface area (Å²) in [7, 11) is 0. The number of allylic oxidation sites excluding steroid dienone is 1. The summed E-state index contributed by atoms with van der Waals surface area (Å²) in [5.41, 5.74) is 2.74. The van der Waals surface area contributed by atoms with Crippen LogP contribution in [0.2, 0.25) is 0 Å². The van der Waals surface area contributed by atoms with Gasteiger partial charge in [-0.15, -0.1) is 11.8 Å². The van der Waals surface area contributed by atoms with Crippen LogP contribution in [0.3, 0.4) is 0 Å². The summed E-state index contributed by atoms with van der Waals surface area (Å²) in [4.78, 5) is 9.59. The minimum atomic E-state index is 0.210. The lowest BCUT2D eigenvalue weighted by Gasteiger charge is -2.16. The van der Waals surface area contributed by atoms with Gasteiger partial charge in [0.15, 0.2) is 5.82 Å². The molecule has 0 radical (unpaired) electrons. The van der Waals surface area contributed by atoms with Gasteiger partial charge >= 0.3 is 0 Å². The summed E-state index contributed by atoms with van der Waals surface area (Å²) in [6.07, 6.45) is 3.28. The minimum absolute atomic E-state index is 0.210. The molecule has 0 bridgehead atoms. The SMILES string of the molecule is Oc1ccc(C2C=CSC2)cc1-c1nc(N[C@H]2CCNC2)c2ccccc2n1. The van der Waals surface area contributed by atoms with Crippen LogP contribution in [-0.2, 0) is 0 Å². The van der Waals surface area contributed by atoms with E-state index in [0.29, 0.717) is 23.3 Å². The molecule has 1 aromatic heterocycles. The Bertz CT molecular complexity index is 1050. The first-order chi connectivity index (χ1) is 13.8. The molecule has 2 aliphatic heterocycles. The number of hydrogen-bond acceptors (Lipinski definition) is 6. The Kier molecular flexibility index (Phi) is 4.66. The van der Waals surface area contributed by atoms with E-state index in [2.05, 4.69) is 22.1 Å². The van der Waals surface area contributed by atoms with Gasteiger partial charge < -0.3 is 15.7 Å². The number of thioether (sulfide) groups is 1. The first-order valence-corrected chi connectivity index (χ1v) is 10.7. The van der Waals surface area contributed by atoms with Gasteiger partial charge in [0.1, 0.15) is 11.6 Å². The fraction of sp³-hybridized carbons (Fsp3) is 0.273. The number of para-hydroxylation sites is 1. The lowest BCUT2D eigenvalue weighted by Crippen LogP contribution is -2.23. The lowest BCUT2D eigenvalue weighted by molar-refractivity contribution is 0.476. The van der Waals surface area contributed by atoms with E-state index >= 15 is 0 Å². The van der Waals surface area contributed by atoms with Crippen molar-refractivity contribution < 1.29 is 5.11 Å². The number of nitrogens with one attached hydrogen (secondary N) is 2. The monoisotopic (exact) mass is 390 g/mol. The van der Waals surface area contributed by atoms with E-state index in [1.54, 1.807) is 6.07 Å². The Labute approximate surface area is 168 Å². The Morgan fingerprint density at radius 1 is 1.14 bits per heavy atom. The molecule has 0 saturated carbocycles. The molecule has 3 N–H and O–H groups in total. The van der Waals surface area contributed by atoms with Gasteiger partial charge in [0.05, 0.1) is 11.1 Å². The summed E-state index contributed by atoms with van der Waals surface area (Å²) in [6, 6.07) is 14.2. The van der Waals surface area contributed by atoms with Crippen LogP contribution < -0.4 is 10.6 Å². The number of anilines is 1. The summed E-state index contributed by atoms with van der Waals surface area (Å²) in [5.74, 6) is 3.00. The minimum Gasteiger partial charge on any atom is -0.507 e. The van der Waals surface area contributed by atoms with Gasteiger partial charge in [-0.25, -0.2) is 9.97 Å². The Morgan fingerprint density at radius 3 is 2.89 bits per heavy atom. The van der Waals surface area contributed by atoms with Crippen LogP contribution in [0.25, 0.3) is 22.3 Å². The van der Waals surface area contributed by atoms with Crippen molar-refractivity contribution in [1.82, 2.24) is 15.3 Å². The van der Waals surface area contributed by atoms with Crippen LogP contribution >= 0.6 is 11.8 Å². The summed E-state index contributed by atoms with van der Waals surface area (Å²) in [6.45, 7) is 1.95. The molecule has 1 saturated heterocycles. The maximum Gasteiger partial charge on any atom is 0.165 e. The van der Waals surface area contributed by atoms with E-state index in [-0.39, 0.29) is 5.75 Å². The number of phenolic OH excluding ortho intramolecular Hbond substituents is 1. The molecule has 0 spiro atoms. The molecule has 5 nitrogen and oxygen atoms in total. The van der Waals surface area contributed by atoms with Crippen molar-refractivity contribution in [2.45, 2.75) is 18.4 Å². The van der Waals surface area contributed by atoms with Crippen LogP contribution in [0.1, 0.15) is 17.9 Å². The highest BCUT2D eigenvalue weighted by Crippen LogP contribution is 2.36. The molecule has 6 heteroatoms. The van der Waals surface area contributed by atoms with E-state index in [1.807, 2.05) is 48.2 Å². The van der Waals surface area contributed by atoms with E-state index in [1.165, 1.54) is 5.56 Å². The Hall–Kier alpha value is -2.57. The van der Waals surface area contributed by atoms with Crippen molar-refractivity contribution in [3.05, 3.63) is 59.5 Å². The van der Waals surface area contributed by atoms with Gasteiger partial charge in [0, 0.05) is 29.6 Å². The van der Waals surface area contributed by atoms with E-state index in [9.17, 15) is 5.11 Å². The average molecular weight is 391 g/mol. The number of nitrogens with zero attached hydrogens (tertiary/aromatic N) is 2. The molecule has 0 aliphatic carbocycles. The van der Waals surface area contributed by atoms with Crippen molar-refractivity contribution in [2.24, 2.45) is 0 Å². The van der Waals surface area contributed by atoms with E-state index in [4.69, 9.17) is 9.97 Å². The topological polar surface area (TPSA) is 70.1 Å². The second-order valence-corrected chi connectivity index (χ2v) is 8.23. The summed E-state index contributed by atoms with van der Waals surface area (Å²) in [5, 5.41) is 20.6. The molecule has 142 valence electrons. The predicted molar refractivity (Wildman–Crippen MR) is 116 cm³/mol. The van der Waals surface area contributed by atoms with Crippen molar-refractivity contribution in [1.29, 1.82) is 0 Å². The fourth-order valence-corrected chi connectivity index (χ4v) is 4.74. The number of aromatic hydroxyl groups is 1. The van der Waals surface area contributed by atoms with Crippen LogP contribution in [0.5, 0.6) is 5.75 Å². The first kappa shape index (κ1) is 17.5. The second kappa shape index (κ2) is 7.45. The molecule has 2 aromatic carbocycles. The zero-order valence-corrected chi connectivity index (χ0v) is 16.2. The molecule has 3 heterocycles. The number of rotatable bonds is 4. The zero-order valence-electron chi connectivity index (χ0n) is 15.4. The van der Waals surface area contributed by atoms with E-state index in [0.717, 1.165) is 42.0 Å². The lowest BCUT2D eigenvalue weighted by atomic mass is 9.98. The predicted octanol–water partition coefficient (Wildman–Crippen LogP) is 4.12. The largest absolute Gasteiger partial charge is 0.507 e. The Morgan fingerprint density at radius 2 is 2.07 bits per heavy atom. The van der Waals surface area contributed by atoms with Crippen molar-refractivity contribution in [2.75, 3.05) is 24.2 Å². The molecule has 1 fully saturated rings. The molecule has 0 amide bonds. The second-order valence-electron chi connectivity index (χ2n) is 7.29. The highest BCUT2D eigenvalue weighted by Gasteiger charge is 2.20. The van der Waals surface area contributed by atoms with Gasteiger partial charge in [-0.05, 0) is 48.2 Å². The Balaban J connectivity index is 1.60. The van der Waals surface area contributed by atoms with E-state index < -0.39 is 0 Å². The van der Waals surface area contributed by atoms with Gasteiger partial charge in [0.25, 0.3) is 0 Å². The quantitative estimate of drug-likeness (QED) is 0.623. The van der Waals surface area contributed by atoms with Gasteiger partial charge in [-0.3, -0.25) is 0 Å². The highest BCUT2D eigenvalue weighted by atomic mass is 32.2. The average Bonchev–Trinajstić information content (AvgIpc) is 3.42. The normalized spacial score (nSPS) is 21.4. The van der Waals surface area contributed by atoms with Crippen LogP contribution in [0.4, 0.5) is 5.82 Å².